The van der Waals surface area contributed by atoms with Crippen LogP contribution in [0.3, 0.4) is 0 Å². The zero-order valence-corrected chi connectivity index (χ0v) is 14.6. The Morgan fingerprint density at radius 1 is 1.28 bits per heavy atom. The minimum absolute atomic E-state index is 0.205. The molecule has 0 atom stereocenters. The van der Waals surface area contributed by atoms with Crippen LogP contribution < -0.4 is 0 Å². The molecule has 3 rings (SSSR count). The SMILES string of the molecule is CCn1ncc2c(C(C)C)c(C=CC(=O)O)c(-c3ccccc3)nc21. The summed E-state index contributed by atoms with van der Waals surface area (Å²) in [5, 5.41) is 14.5. The third kappa shape index (κ3) is 3.18. The van der Waals surface area contributed by atoms with Crippen LogP contribution in [0.1, 0.15) is 37.8 Å². The summed E-state index contributed by atoms with van der Waals surface area (Å²) >= 11 is 0. The maximum atomic E-state index is 11.1. The number of rotatable bonds is 5. The molecule has 3 aromatic rings. The Balaban J connectivity index is 2.41. The monoisotopic (exact) mass is 335 g/mol. The van der Waals surface area contributed by atoms with Gasteiger partial charge in [0.25, 0.3) is 0 Å². The average molecular weight is 335 g/mol. The van der Waals surface area contributed by atoms with Gasteiger partial charge in [0.05, 0.1) is 11.9 Å². The van der Waals surface area contributed by atoms with Gasteiger partial charge in [0.2, 0.25) is 0 Å². The fourth-order valence-electron chi connectivity index (χ4n) is 3.12. The number of carbonyl (C=O) groups is 1. The van der Waals surface area contributed by atoms with Crippen molar-refractivity contribution in [3.8, 4) is 11.3 Å². The van der Waals surface area contributed by atoms with Crippen molar-refractivity contribution in [3.05, 3.63) is 53.7 Å². The largest absolute Gasteiger partial charge is 0.478 e. The van der Waals surface area contributed by atoms with Crippen molar-refractivity contribution in [3.63, 3.8) is 0 Å². The Labute approximate surface area is 146 Å². The first-order valence-electron chi connectivity index (χ1n) is 8.38. The maximum absolute atomic E-state index is 11.1. The van der Waals surface area contributed by atoms with Gasteiger partial charge in [0.1, 0.15) is 0 Å². The molecule has 0 spiro atoms. The number of hydrogen-bond acceptors (Lipinski definition) is 3. The Morgan fingerprint density at radius 3 is 2.60 bits per heavy atom. The van der Waals surface area contributed by atoms with Gasteiger partial charge >= 0.3 is 5.97 Å². The van der Waals surface area contributed by atoms with Crippen LogP contribution in [0.4, 0.5) is 0 Å². The molecule has 0 saturated heterocycles. The Kier molecular flexibility index (Phi) is 4.65. The van der Waals surface area contributed by atoms with Crippen LogP contribution >= 0.6 is 0 Å². The number of pyridine rings is 1. The third-order valence-corrected chi connectivity index (χ3v) is 4.18. The van der Waals surface area contributed by atoms with Gasteiger partial charge in [-0.1, -0.05) is 44.2 Å². The lowest BCUT2D eigenvalue weighted by molar-refractivity contribution is -0.131. The van der Waals surface area contributed by atoms with Crippen molar-refractivity contribution in [1.82, 2.24) is 14.8 Å². The number of aromatic nitrogens is 3. The molecule has 5 nitrogen and oxygen atoms in total. The number of carboxylic acid groups (broad SMARTS) is 1. The van der Waals surface area contributed by atoms with Crippen LogP contribution in [0.2, 0.25) is 0 Å². The molecule has 0 fully saturated rings. The molecule has 2 heterocycles. The topological polar surface area (TPSA) is 68.0 Å². The van der Waals surface area contributed by atoms with Crippen molar-refractivity contribution < 1.29 is 9.90 Å². The van der Waals surface area contributed by atoms with Crippen LogP contribution in [0.5, 0.6) is 0 Å². The van der Waals surface area contributed by atoms with E-state index in [-0.39, 0.29) is 5.92 Å². The van der Waals surface area contributed by atoms with E-state index in [0.29, 0.717) is 0 Å². The molecule has 0 aliphatic heterocycles. The van der Waals surface area contributed by atoms with Crippen LogP contribution in [0.25, 0.3) is 28.4 Å². The molecule has 0 aliphatic rings. The van der Waals surface area contributed by atoms with Gasteiger partial charge in [-0.2, -0.15) is 5.10 Å². The van der Waals surface area contributed by atoms with Crippen LogP contribution in [-0.4, -0.2) is 25.8 Å². The molecule has 128 valence electrons. The second kappa shape index (κ2) is 6.89. The molecule has 0 aliphatic carbocycles. The van der Waals surface area contributed by atoms with E-state index in [2.05, 4.69) is 18.9 Å². The fourth-order valence-corrected chi connectivity index (χ4v) is 3.12. The lowest BCUT2D eigenvalue weighted by Gasteiger charge is -2.16. The maximum Gasteiger partial charge on any atom is 0.328 e. The highest BCUT2D eigenvalue weighted by Crippen LogP contribution is 2.35. The Hall–Kier alpha value is -2.95. The van der Waals surface area contributed by atoms with Crippen molar-refractivity contribution in [2.45, 2.75) is 33.2 Å². The van der Waals surface area contributed by atoms with E-state index in [1.54, 1.807) is 6.08 Å². The molecule has 0 radical (unpaired) electrons. The summed E-state index contributed by atoms with van der Waals surface area (Å²) in [6.45, 7) is 6.96. The van der Waals surface area contributed by atoms with E-state index in [0.717, 1.165) is 40.0 Å². The number of aliphatic carboxylic acids is 1. The summed E-state index contributed by atoms with van der Waals surface area (Å²) in [6, 6.07) is 9.84. The van der Waals surface area contributed by atoms with Crippen molar-refractivity contribution in [2.24, 2.45) is 0 Å². The highest BCUT2D eigenvalue weighted by molar-refractivity contribution is 5.93. The van der Waals surface area contributed by atoms with Gasteiger partial charge in [0.15, 0.2) is 5.65 Å². The first kappa shape index (κ1) is 16.9. The van der Waals surface area contributed by atoms with E-state index in [1.807, 2.05) is 48.1 Å². The Bertz CT molecular complexity index is 940. The van der Waals surface area contributed by atoms with Gasteiger partial charge in [-0.25, -0.2) is 14.5 Å². The molecule has 1 N–H and O–H groups in total. The average Bonchev–Trinajstić information content (AvgIpc) is 3.01. The van der Waals surface area contributed by atoms with E-state index in [1.165, 1.54) is 6.08 Å². The fraction of sp³-hybridized carbons (Fsp3) is 0.250. The number of hydrogen-bond donors (Lipinski definition) is 1. The second-order valence-corrected chi connectivity index (χ2v) is 6.18. The summed E-state index contributed by atoms with van der Waals surface area (Å²) in [7, 11) is 0. The molecular formula is C20H21N3O2. The molecule has 2 aromatic heterocycles. The second-order valence-electron chi connectivity index (χ2n) is 6.18. The molecule has 0 amide bonds. The minimum atomic E-state index is -0.974. The molecule has 1 aromatic carbocycles. The molecule has 5 heteroatoms. The summed E-state index contributed by atoms with van der Waals surface area (Å²) in [5.41, 5.74) is 4.48. The van der Waals surface area contributed by atoms with Crippen LogP contribution in [-0.2, 0) is 11.3 Å². The van der Waals surface area contributed by atoms with Crippen molar-refractivity contribution in [1.29, 1.82) is 0 Å². The van der Waals surface area contributed by atoms with Crippen LogP contribution in [0, 0.1) is 0 Å². The summed E-state index contributed by atoms with van der Waals surface area (Å²) in [6.07, 6.45) is 4.65. The van der Waals surface area contributed by atoms with Gasteiger partial charge in [-0.15, -0.1) is 0 Å². The molecular weight excluding hydrogens is 314 g/mol. The van der Waals surface area contributed by atoms with Gasteiger partial charge in [0, 0.05) is 29.1 Å². The van der Waals surface area contributed by atoms with E-state index in [9.17, 15) is 4.79 Å². The van der Waals surface area contributed by atoms with E-state index < -0.39 is 5.97 Å². The Morgan fingerprint density at radius 2 is 2.00 bits per heavy atom. The zero-order valence-electron chi connectivity index (χ0n) is 14.6. The highest BCUT2D eigenvalue weighted by Gasteiger charge is 2.19. The lowest BCUT2D eigenvalue weighted by atomic mass is 9.91. The number of benzene rings is 1. The summed E-state index contributed by atoms with van der Waals surface area (Å²) in [4.78, 5) is 15.9. The first-order chi connectivity index (χ1) is 12.0. The number of nitrogens with zero attached hydrogens (tertiary/aromatic N) is 3. The van der Waals surface area contributed by atoms with Crippen molar-refractivity contribution >= 4 is 23.1 Å². The standard InChI is InChI=1S/C20H21N3O2/c1-4-23-20-16(12-21-23)18(13(2)3)15(10-11-17(24)25)19(22-20)14-8-6-5-7-9-14/h5-13H,4H2,1-3H3,(H,24,25). The van der Waals surface area contributed by atoms with E-state index in [4.69, 9.17) is 10.1 Å². The number of aryl methyl sites for hydroxylation is 1. The predicted molar refractivity (Wildman–Crippen MR) is 99.4 cm³/mol. The summed E-state index contributed by atoms with van der Waals surface area (Å²) in [5.74, 6) is -0.769. The summed E-state index contributed by atoms with van der Waals surface area (Å²) < 4.78 is 1.87. The zero-order chi connectivity index (χ0) is 18.0. The quantitative estimate of drug-likeness (QED) is 0.704. The predicted octanol–water partition coefficient (Wildman–Crippen LogP) is 4.34. The van der Waals surface area contributed by atoms with Gasteiger partial charge < -0.3 is 5.11 Å². The van der Waals surface area contributed by atoms with E-state index >= 15 is 0 Å². The molecule has 0 bridgehead atoms. The lowest BCUT2D eigenvalue weighted by Crippen LogP contribution is -2.03. The first-order valence-corrected chi connectivity index (χ1v) is 8.38. The highest BCUT2D eigenvalue weighted by atomic mass is 16.4. The third-order valence-electron chi connectivity index (χ3n) is 4.18. The molecule has 25 heavy (non-hydrogen) atoms. The van der Waals surface area contributed by atoms with Gasteiger partial charge in [-0.3, -0.25) is 0 Å². The normalized spacial score (nSPS) is 11.7. The number of carboxylic acids is 1. The molecule has 0 saturated carbocycles. The number of fused-ring (bicyclic) bond motifs is 1. The molecule has 0 unspecified atom stereocenters. The van der Waals surface area contributed by atoms with Crippen LogP contribution in [0.15, 0.2) is 42.6 Å². The smallest absolute Gasteiger partial charge is 0.328 e. The van der Waals surface area contributed by atoms with Gasteiger partial charge in [-0.05, 0) is 24.5 Å². The van der Waals surface area contributed by atoms with Crippen molar-refractivity contribution in [2.75, 3.05) is 0 Å². The minimum Gasteiger partial charge on any atom is -0.478 e.